The summed E-state index contributed by atoms with van der Waals surface area (Å²) in [6, 6.07) is 0. The van der Waals surface area contributed by atoms with Gasteiger partial charge < -0.3 is 4.74 Å². The first kappa shape index (κ1) is 7.35. The van der Waals surface area contributed by atoms with Gasteiger partial charge in [-0.3, -0.25) is 0 Å². The minimum atomic E-state index is 0.270. The first-order valence-electron chi connectivity index (χ1n) is 4.45. The fraction of sp³-hybridized carbons (Fsp3) is 0.800. The number of rotatable bonds is 1. The monoisotopic (exact) mass is 152 g/mol. The number of hydrogen-bond donors (Lipinski definition) is 0. The van der Waals surface area contributed by atoms with Crippen molar-refractivity contribution < 1.29 is 4.74 Å². The average molecular weight is 152 g/mol. The van der Waals surface area contributed by atoms with E-state index >= 15 is 0 Å². The summed E-state index contributed by atoms with van der Waals surface area (Å²) in [7, 11) is 0. The third kappa shape index (κ3) is 1.12. The van der Waals surface area contributed by atoms with Crippen molar-refractivity contribution in [2.45, 2.75) is 44.8 Å². The van der Waals surface area contributed by atoms with Crippen molar-refractivity contribution in [3.8, 4) is 0 Å². The van der Waals surface area contributed by atoms with Crippen LogP contribution in [0.2, 0.25) is 0 Å². The predicted molar refractivity (Wildman–Crippen MR) is 45.4 cm³/mol. The van der Waals surface area contributed by atoms with Crippen LogP contribution in [0.1, 0.15) is 33.1 Å². The van der Waals surface area contributed by atoms with Crippen molar-refractivity contribution in [3.05, 3.63) is 12.2 Å². The van der Waals surface area contributed by atoms with Gasteiger partial charge in [-0.05, 0) is 39.0 Å². The van der Waals surface area contributed by atoms with Crippen molar-refractivity contribution in [3.63, 3.8) is 0 Å². The predicted octanol–water partition coefficient (Wildman–Crippen LogP) is 2.52. The molecule has 0 amide bonds. The first-order valence-corrected chi connectivity index (χ1v) is 4.45. The Labute approximate surface area is 68.4 Å². The minimum Gasteiger partial charge on any atom is -0.366 e. The lowest BCUT2D eigenvalue weighted by molar-refractivity contribution is 0.303. The third-order valence-electron chi connectivity index (χ3n) is 3.22. The van der Waals surface area contributed by atoms with Crippen LogP contribution in [-0.2, 0) is 4.74 Å². The second kappa shape index (κ2) is 2.10. The normalized spacial score (nSPS) is 48.2. The van der Waals surface area contributed by atoms with Crippen LogP contribution in [0.15, 0.2) is 12.2 Å². The van der Waals surface area contributed by atoms with Gasteiger partial charge in [-0.25, -0.2) is 0 Å². The Hall–Kier alpha value is -0.300. The van der Waals surface area contributed by atoms with Crippen LogP contribution in [0.3, 0.4) is 0 Å². The zero-order valence-electron chi connectivity index (χ0n) is 7.39. The molecule has 1 aliphatic carbocycles. The lowest BCUT2D eigenvalue weighted by atomic mass is 9.80. The molecule has 0 aromatic carbocycles. The summed E-state index contributed by atoms with van der Waals surface area (Å²) < 4.78 is 5.60. The number of ether oxygens (including phenoxy) is 1. The summed E-state index contributed by atoms with van der Waals surface area (Å²) in [6.07, 6.45) is 4.28. The summed E-state index contributed by atoms with van der Waals surface area (Å²) in [6.45, 7) is 8.36. The Bertz CT molecular complexity index is 197. The van der Waals surface area contributed by atoms with Crippen LogP contribution in [0.4, 0.5) is 0 Å². The molecule has 0 aromatic rings. The second-order valence-electron chi connectivity index (χ2n) is 4.24. The van der Waals surface area contributed by atoms with Crippen LogP contribution in [0.25, 0.3) is 0 Å². The van der Waals surface area contributed by atoms with Gasteiger partial charge >= 0.3 is 0 Å². The largest absolute Gasteiger partial charge is 0.366 e. The Balaban J connectivity index is 1.98. The summed E-state index contributed by atoms with van der Waals surface area (Å²) in [5.41, 5.74) is 1.61. The molecule has 0 spiro atoms. The number of epoxide rings is 1. The zero-order valence-corrected chi connectivity index (χ0v) is 7.39. The van der Waals surface area contributed by atoms with Gasteiger partial charge in [-0.2, -0.15) is 0 Å². The molecule has 62 valence electrons. The highest BCUT2D eigenvalue weighted by molar-refractivity contribution is 5.10. The van der Waals surface area contributed by atoms with E-state index in [4.69, 9.17) is 4.74 Å². The highest BCUT2D eigenvalue weighted by Gasteiger charge is 2.55. The molecule has 1 aliphatic heterocycles. The van der Waals surface area contributed by atoms with E-state index in [1.54, 1.807) is 0 Å². The van der Waals surface area contributed by atoms with E-state index in [0.29, 0.717) is 6.10 Å². The van der Waals surface area contributed by atoms with Crippen LogP contribution in [-0.4, -0.2) is 11.7 Å². The van der Waals surface area contributed by atoms with Gasteiger partial charge in [0.05, 0.1) is 11.7 Å². The quantitative estimate of drug-likeness (QED) is 0.415. The third-order valence-corrected chi connectivity index (χ3v) is 3.22. The molecule has 0 N–H and O–H groups in total. The molecule has 2 rings (SSSR count). The Morgan fingerprint density at radius 3 is 2.91 bits per heavy atom. The van der Waals surface area contributed by atoms with E-state index in [0.717, 1.165) is 5.92 Å². The molecule has 0 aromatic heterocycles. The number of allylic oxidation sites excluding steroid dienone is 1. The number of hydrogen-bond acceptors (Lipinski definition) is 1. The van der Waals surface area contributed by atoms with Gasteiger partial charge in [-0.15, -0.1) is 0 Å². The lowest BCUT2D eigenvalue weighted by Gasteiger charge is -2.22. The van der Waals surface area contributed by atoms with Gasteiger partial charge in [0, 0.05) is 0 Å². The van der Waals surface area contributed by atoms with Crippen molar-refractivity contribution in [2.75, 3.05) is 0 Å². The van der Waals surface area contributed by atoms with Crippen LogP contribution >= 0.6 is 0 Å². The van der Waals surface area contributed by atoms with Crippen molar-refractivity contribution in [2.24, 2.45) is 5.92 Å². The molecule has 3 atom stereocenters. The van der Waals surface area contributed by atoms with Gasteiger partial charge in [0.2, 0.25) is 0 Å². The van der Waals surface area contributed by atoms with Gasteiger partial charge in [0.25, 0.3) is 0 Å². The summed E-state index contributed by atoms with van der Waals surface area (Å²) in [5.74, 6) is 0.732. The van der Waals surface area contributed by atoms with Gasteiger partial charge in [0.1, 0.15) is 0 Å². The molecular formula is C10H16O. The van der Waals surface area contributed by atoms with E-state index < -0.39 is 0 Å². The maximum absolute atomic E-state index is 5.60. The Morgan fingerprint density at radius 1 is 1.64 bits per heavy atom. The van der Waals surface area contributed by atoms with E-state index in [2.05, 4.69) is 20.4 Å². The van der Waals surface area contributed by atoms with E-state index in [-0.39, 0.29) is 5.60 Å². The highest BCUT2D eigenvalue weighted by Crippen LogP contribution is 2.50. The Kier molecular flexibility index (Phi) is 1.40. The maximum Gasteiger partial charge on any atom is 0.0920 e. The summed E-state index contributed by atoms with van der Waals surface area (Å²) in [5, 5.41) is 0. The zero-order chi connectivity index (χ0) is 8.06. The molecule has 0 radical (unpaired) electrons. The maximum atomic E-state index is 5.60. The van der Waals surface area contributed by atoms with Crippen molar-refractivity contribution in [1.82, 2.24) is 0 Å². The molecule has 1 saturated heterocycles. The lowest BCUT2D eigenvalue weighted by Crippen LogP contribution is -2.21. The first-order chi connectivity index (χ1) is 5.12. The van der Waals surface area contributed by atoms with E-state index in [9.17, 15) is 0 Å². The highest BCUT2D eigenvalue weighted by atomic mass is 16.6. The molecule has 11 heavy (non-hydrogen) atoms. The SMILES string of the molecule is C=C(C)[C@H]1CC[C@]2(C)O[C@@H]2C1. The fourth-order valence-electron chi connectivity index (χ4n) is 2.09. The molecule has 1 saturated carbocycles. The molecule has 1 heterocycles. The van der Waals surface area contributed by atoms with Crippen LogP contribution in [0.5, 0.6) is 0 Å². The molecular weight excluding hydrogens is 136 g/mol. The minimum absolute atomic E-state index is 0.270. The molecule has 0 unspecified atom stereocenters. The van der Waals surface area contributed by atoms with Gasteiger partial charge in [0.15, 0.2) is 0 Å². The average Bonchev–Trinajstić information content (AvgIpc) is 2.58. The molecule has 0 bridgehead atoms. The standard InChI is InChI=1S/C10H16O/c1-7(2)8-4-5-10(3)9(6-8)11-10/h8-9H,1,4-6H2,2-3H3/t8-,9+,10-/m0/s1. The summed E-state index contributed by atoms with van der Waals surface area (Å²) >= 11 is 0. The second-order valence-corrected chi connectivity index (χ2v) is 4.24. The molecule has 1 nitrogen and oxygen atoms in total. The molecule has 2 aliphatic rings. The van der Waals surface area contributed by atoms with Crippen LogP contribution < -0.4 is 0 Å². The Morgan fingerprint density at radius 2 is 2.36 bits per heavy atom. The van der Waals surface area contributed by atoms with Gasteiger partial charge in [-0.1, -0.05) is 12.2 Å². The molecule has 2 fully saturated rings. The van der Waals surface area contributed by atoms with E-state index in [1.807, 2.05) is 0 Å². The fourth-order valence-corrected chi connectivity index (χ4v) is 2.09. The number of fused-ring (bicyclic) bond motifs is 1. The van der Waals surface area contributed by atoms with Crippen molar-refractivity contribution >= 4 is 0 Å². The summed E-state index contributed by atoms with van der Waals surface area (Å²) in [4.78, 5) is 0. The van der Waals surface area contributed by atoms with E-state index in [1.165, 1.54) is 24.8 Å². The topological polar surface area (TPSA) is 12.5 Å². The van der Waals surface area contributed by atoms with Crippen LogP contribution in [0, 0.1) is 5.92 Å². The smallest absolute Gasteiger partial charge is 0.0920 e. The van der Waals surface area contributed by atoms with Crippen molar-refractivity contribution in [1.29, 1.82) is 0 Å². The molecule has 1 heteroatoms.